The molecule has 0 saturated heterocycles. The largest absolute Gasteiger partial charge is 0.265 e. The van der Waals surface area contributed by atoms with Crippen molar-refractivity contribution in [3.63, 3.8) is 0 Å². The molecule has 0 aliphatic heterocycles. The summed E-state index contributed by atoms with van der Waals surface area (Å²) in [7, 11) is -1.60. The van der Waals surface area contributed by atoms with Gasteiger partial charge in [-0.15, -0.1) is 11.5 Å². The lowest BCUT2D eigenvalue weighted by Gasteiger charge is -2.13. The maximum atomic E-state index is 4.41. The molecule has 0 N–H and O–H groups in total. The highest BCUT2D eigenvalue weighted by Crippen LogP contribution is 2.00. The number of unbranched alkanes of at least 4 members (excludes halogenated alkanes) is 2. The van der Waals surface area contributed by atoms with Crippen LogP contribution in [0, 0.1) is 11.5 Å². The molecule has 0 spiro atoms. The second-order valence-corrected chi connectivity index (χ2v) is 8.26. The second kappa shape index (κ2) is 5.72. The third-order valence-corrected chi connectivity index (χ3v) is 4.74. The molecule has 1 rings (SSSR count). The molecule has 0 atom stereocenters. The van der Waals surface area contributed by atoms with E-state index in [-0.39, 0.29) is 0 Å². The Bertz CT molecular complexity index is 346. The van der Waals surface area contributed by atoms with Crippen LogP contribution in [0.1, 0.15) is 26.2 Å². The highest BCUT2D eigenvalue weighted by Gasteiger charge is 2.21. The van der Waals surface area contributed by atoms with E-state index >= 15 is 0 Å². The molecule has 0 aliphatic rings. The zero-order valence-corrected chi connectivity index (χ0v) is 10.9. The lowest BCUT2D eigenvalue weighted by molar-refractivity contribution is 0.828. The van der Waals surface area contributed by atoms with Gasteiger partial charge in [-0.1, -0.05) is 32.5 Å². The molecule has 0 radical (unpaired) electrons. The van der Waals surface area contributed by atoms with Crippen LogP contribution in [0.15, 0.2) is 24.4 Å². The van der Waals surface area contributed by atoms with Crippen LogP contribution in [0.4, 0.5) is 0 Å². The molecule has 2 heteroatoms. The summed E-state index contributed by atoms with van der Waals surface area (Å²) in [6.07, 6.45) is 5.32. The Morgan fingerprint density at radius 2 is 2.13 bits per heavy atom. The van der Waals surface area contributed by atoms with E-state index in [2.05, 4.69) is 42.5 Å². The fourth-order valence-corrected chi connectivity index (χ4v) is 2.95. The molecule has 1 heterocycles. The monoisotopic (exact) mass is 217 g/mol. The van der Waals surface area contributed by atoms with Crippen LogP contribution in [-0.2, 0) is 0 Å². The lowest BCUT2D eigenvalue weighted by Crippen LogP contribution is -2.42. The van der Waals surface area contributed by atoms with E-state index in [1.807, 2.05) is 18.3 Å². The number of hydrogen-bond acceptors (Lipinski definition) is 1. The standard InChI is InChI=1S/C13H19NSi/c1-4-5-6-9-12-15(2,3)13-10-7-8-11-14-13/h7-8,10-11H,4-6H2,1-3H3. The number of rotatable bonds is 3. The second-order valence-electron chi connectivity index (χ2n) is 4.25. The van der Waals surface area contributed by atoms with Crippen molar-refractivity contribution < 1.29 is 0 Å². The minimum absolute atomic E-state index is 1.03. The molecule has 0 amide bonds. The van der Waals surface area contributed by atoms with E-state index in [4.69, 9.17) is 0 Å². The van der Waals surface area contributed by atoms with Crippen molar-refractivity contribution in [2.75, 3.05) is 0 Å². The topological polar surface area (TPSA) is 12.9 Å². The Kier molecular flexibility index (Phi) is 4.58. The summed E-state index contributed by atoms with van der Waals surface area (Å²) in [6.45, 7) is 6.71. The number of aromatic nitrogens is 1. The molecule has 0 bridgehead atoms. The highest BCUT2D eigenvalue weighted by molar-refractivity contribution is 6.95. The zero-order chi connectivity index (χ0) is 11.1. The SMILES string of the molecule is CCCCC#C[Si](C)(C)c1ccccn1. The first-order valence-electron chi connectivity index (χ1n) is 5.58. The van der Waals surface area contributed by atoms with Gasteiger partial charge in [-0.05, 0) is 18.6 Å². The molecular formula is C13H19NSi. The van der Waals surface area contributed by atoms with Crippen molar-refractivity contribution in [3.8, 4) is 11.5 Å². The van der Waals surface area contributed by atoms with Crippen LogP contribution in [0.5, 0.6) is 0 Å². The fraction of sp³-hybridized carbons (Fsp3) is 0.462. The summed E-state index contributed by atoms with van der Waals surface area (Å²) in [5.41, 5.74) is 3.44. The molecule has 0 aliphatic carbocycles. The first-order valence-corrected chi connectivity index (χ1v) is 8.58. The summed E-state index contributed by atoms with van der Waals surface area (Å²) in [6, 6.07) is 6.10. The van der Waals surface area contributed by atoms with Gasteiger partial charge in [0.1, 0.15) is 0 Å². The molecule has 15 heavy (non-hydrogen) atoms. The summed E-state index contributed by atoms with van der Waals surface area (Å²) < 4.78 is 0. The van der Waals surface area contributed by atoms with E-state index in [0.717, 1.165) is 6.42 Å². The summed E-state index contributed by atoms with van der Waals surface area (Å²) in [4.78, 5) is 4.41. The molecule has 1 aromatic heterocycles. The third-order valence-electron chi connectivity index (χ3n) is 2.36. The Morgan fingerprint density at radius 1 is 1.33 bits per heavy atom. The Labute approximate surface area is 94.0 Å². The Balaban J connectivity index is 2.69. The van der Waals surface area contributed by atoms with Crippen molar-refractivity contribution in [3.05, 3.63) is 24.4 Å². The van der Waals surface area contributed by atoms with Crippen LogP contribution in [-0.4, -0.2) is 13.1 Å². The van der Waals surface area contributed by atoms with E-state index in [9.17, 15) is 0 Å². The van der Waals surface area contributed by atoms with Gasteiger partial charge in [-0.25, -0.2) is 0 Å². The maximum absolute atomic E-state index is 4.41. The smallest absolute Gasteiger partial charge is 0.184 e. The molecule has 0 saturated carbocycles. The number of hydrogen-bond donors (Lipinski definition) is 0. The summed E-state index contributed by atoms with van der Waals surface area (Å²) in [5, 5.41) is 1.19. The fourth-order valence-electron chi connectivity index (χ4n) is 1.35. The average Bonchev–Trinajstić information content (AvgIpc) is 2.26. The van der Waals surface area contributed by atoms with Crippen LogP contribution in [0.25, 0.3) is 0 Å². The Hall–Kier alpha value is -1.07. The normalized spacial score (nSPS) is 10.6. The van der Waals surface area contributed by atoms with Crippen LogP contribution >= 0.6 is 0 Å². The van der Waals surface area contributed by atoms with E-state index < -0.39 is 8.07 Å². The Morgan fingerprint density at radius 3 is 2.73 bits per heavy atom. The van der Waals surface area contributed by atoms with Gasteiger partial charge >= 0.3 is 0 Å². The first-order chi connectivity index (χ1) is 7.17. The zero-order valence-electron chi connectivity index (χ0n) is 9.88. The molecule has 1 nitrogen and oxygen atoms in total. The van der Waals surface area contributed by atoms with Crippen molar-refractivity contribution in [1.29, 1.82) is 0 Å². The quantitative estimate of drug-likeness (QED) is 0.431. The minimum Gasteiger partial charge on any atom is -0.265 e. The van der Waals surface area contributed by atoms with Crippen molar-refractivity contribution in [1.82, 2.24) is 4.98 Å². The number of pyridine rings is 1. The van der Waals surface area contributed by atoms with Gasteiger partial charge in [0.25, 0.3) is 0 Å². The van der Waals surface area contributed by atoms with Crippen LogP contribution < -0.4 is 5.32 Å². The van der Waals surface area contributed by atoms with E-state index in [1.54, 1.807) is 0 Å². The van der Waals surface area contributed by atoms with E-state index in [1.165, 1.54) is 18.2 Å². The molecular weight excluding hydrogens is 198 g/mol. The maximum Gasteiger partial charge on any atom is 0.184 e. The highest BCUT2D eigenvalue weighted by atomic mass is 28.3. The number of nitrogens with zero attached hydrogens (tertiary/aromatic N) is 1. The molecule has 0 unspecified atom stereocenters. The van der Waals surface area contributed by atoms with E-state index in [0.29, 0.717) is 0 Å². The van der Waals surface area contributed by atoms with Gasteiger partial charge in [-0.2, -0.15) is 0 Å². The third kappa shape index (κ3) is 3.89. The molecule has 0 aromatic carbocycles. The predicted octanol–water partition coefficient (Wildman–Crippen LogP) is 2.73. The molecule has 0 fully saturated rings. The van der Waals surface area contributed by atoms with Crippen molar-refractivity contribution in [2.24, 2.45) is 0 Å². The van der Waals surface area contributed by atoms with Gasteiger partial charge < -0.3 is 0 Å². The van der Waals surface area contributed by atoms with Gasteiger partial charge in [0, 0.05) is 17.9 Å². The van der Waals surface area contributed by atoms with Gasteiger partial charge in [0.15, 0.2) is 8.07 Å². The predicted molar refractivity (Wildman–Crippen MR) is 68.7 cm³/mol. The van der Waals surface area contributed by atoms with Crippen molar-refractivity contribution in [2.45, 2.75) is 39.3 Å². The minimum atomic E-state index is -1.60. The summed E-state index contributed by atoms with van der Waals surface area (Å²) in [5.74, 6) is 3.30. The van der Waals surface area contributed by atoms with Gasteiger partial charge in [0.05, 0.1) is 0 Å². The van der Waals surface area contributed by atoms with Crippen LogP contribution in [0.2, 0.25) is 13.1 Å². The molecule has 1 aromatic rings. The molecule has 80 valence electrons. The van der Waals surface area contributed by atoms with Crippen LogP contribution in [0.3, 0.4) is 0 Å². The average molecular weight is 217 g/mol. The van der Waals surface area contributed by atoms with Gasteiger partial charge in [0.2, 0.25) is 0 Å². The lowest BCUT2D eigenvalue weighted by atomic mass is 10.3. The summed E-state index contributed by atoms with van der Waals surface area (Å²) >= 11 is 0. The van der Waals surface area contributed by atoms with Gasteiger partial charge in [-0.3, -0.25) is 4.98 Å². The van der Waals surface area contributed by atoms with Crippen molar-refractivity contribution >= 4 is 13.4 Å². The first kappa shape index (κ1) is 12.0.